The zero-order valence-corrected chi connectivity index (χ0v) is 12.3. The first-order chi connectivity index (χ1) is 10.7. The van der Waals surface area contributed by atoms with Crippen molar-refractivity contribution in [3.8, 4) is 0 Å². The first kappa shape index (κ1) is 13.2. The Bertz CT molecular complexity index is 682. The van der Waals surface area contributed by atoms with Gasteiger partial charge in [0.15, 0.2) is 0 Å². The van der Waals surface area contributed by atoms with Gasteiger partial charge in [-0.25, -0.2) is 0 Å². The standard InChI is InChI=1S/C15H17N5O2/c1-9-18-19-15(22-9)17-12-7-13(21)20(11-4-5-11)14(12)10-3-2-6-16-8-10/h2-3,6,8,11-12,14H,4-5,7H2,1H3,(H,17,19)/t12-,14+/m1/s1. The number of nitrogens with zero attached hydrogens (tertiary/aromatic N) is 4. The molecule has 4 rings (SSSR count). The van der Waals surface area contributed by atoms with Gasteiger partial charge in [-0.2, -0.15) is 0 Å². The van der Waals surface area contributed by atoms with E-state index in [4.69, 9.17) is 4.42 Å². The van der Waals surface area contributed by atoms with Crippen molar-refractivity contribution in [3.63, 3.8) is 0 Å². The van der Waals surface area contributed by atoms with Gasteiger partial charge in [0.05, 0.1) is 12.1 Å². The molecular formula is C15H17N5O2. The molecule has 0 bridgehead atoms. The van der Waals surface area contributed by atoms with E-state index in [1.54, 1.807) is 13.1 Å². The lowest BCUT2D eigenvalue weighted by atomic mass is 10.0. The van der Waals surface area contributed by atoms with Crippen LogP contribution in [-0.4, -0.2) is 38.1 Å². The monoisotopic (exact) mass is 299 g/mol. The molecule has 2 fully saturated rings. The lowest BCUT2D eigenvalue weighted by Crippen LogP contribution is -2.34. The largest absolute Gasteiger partial charge is 0.408 e. The van der Waals surface area contributed by atoms with Crippen molar-refractivity contribution in [2.75, 3.05) is 5.32 Å². The number of likely N-dealkylation sites (tertiary alicyclic amines) is 1. The highest BCUT2D eigenvalue weighted by atomic mass is 16.4. The Hall–Kier alpha value is -2.44. The Morgan fingerprint density at radius 1 is 1.36 bits per heavy atom. The number of pyridine rings is 1. The number of aryl methyl sites for hydroxylation is 1. The van der Waals surface area contributed by atoms with Crippen LogP contribution in [0.5, 0.6) is 0 Å². The highest BCUT2D eigenvalue weighted by Crippen LogP contribution is 2.42. The van der Waals surface area contributed by atoms with E-state index >= 15 is 0 Å². The van der Waals surface area contributed by atoms with E-state index in [0.717, 1.165) is 18.4 Å². The zero-order valence-electron chi connectivity index (χ0n) is 12.3. The van der Waals surface area contributed by atoms with E-state index < -0.39 is 0 Å². The van der Waals surface area contributed by atoms with Crippen LogP contribution in [0.15, 0.2) is 28.9 Å². The van der Waals surface area contributed by atoms with Crippen LogP contribution in [0.25, 0.3) is 0 Å². The third kappa shape index (κ3) is 2.32. The van der Waals surface area contributed by atoms with Gasteiger partial charge in [-0.05, 0) is 24.5 Å². The van der Waals surface area contributed by atoms with Crippen molar-refractivity contribution in [1.29, 1.82) is 0 Å². The molecule has 0 spiro atoms. The number of hydrogen-bond donors (Lipinski definition) is 1. The van der Waals surface area contributed by atoms with Crippen LogP contribution in [0.4, 0.5) is 6.01 Å². The Morgan fingerprint density at radius 3 is 2.86 bits per heavy atom. The molecule has 22 heavy (non-hydrogen) atoms. The summed E-state index contributed by atoms with van der Waals surface area (Å²) in [7, 11) is 0. The molecular weight excluding hydrogens is 282 g/mol. The fourth-order valence-electron chi connectivity index (χ4n) is 3.12. The highest BCUT2D eigenvalue weighted by Gasteiger charge is 2.47. The summed E-state index contributed by atoms with van der Waals surface area (Å²) in [6.45, 7) is 1.74. The maximum absolute atomic E-state index is 12.4. The number of anilines is 1. The maximum Gasteiger partial charge on any atom is 0.315 e. The number of nitrogens with one attached hydrogen (secondary N) is 1. The number of hydrogen-bond acceptors (Lipinski definition) is 6. The van der Waals surface area contributed by atoms with Gasteiger partial charge in [0.1, 0.15) is 0 Å². The van der Waals surface area contributed by atoms with Crippen LogP contribution in [0.1, 0.15) is 36.8 Å². The SMILES string of the molecule is Cc1nnc(N[C@@H]2CC(=O)N(C3CC3)[C@H]2c2cccnc2)o1. The van der Waals surface area contributed by atoms with Gasteiger partial charge in [-0.3, -0.25) is 9.78 Å². The summed E-state index contributed by atoms with van der Waals surface area (Å²) >= 11 is 0. The molecule has 7 heteroatoms. The molecule has 2 aromatic rings. The number of carbonyl (C=O) groups excluding carboxylic acids is 1. The lowest BCUT2D eigenvalue weighted by molar-refractivity contribution is -0.129. The van der Waals surface area contributed by atoms with Crippen LogP contribution in [0, 0.1) is 6.92 Å². The van der Waals surface area contributed by atoms with E-state index in [0.29, 0.717) is 24.4 Å². The van der Waals surface area contributed by atoms with Gasteiger partial charge < -0.3 is 14.6 Å². The van der Waals surface area contributed by atoms with Crippen LogP contribution in [0.3, 0.4) is 0 Å². The first-order valence-electron chi connectivity index (χ1n) is 7.50. The summed E-state index contributed by atoms with van der Waals surface area (Å²) in [6.07, 6.45) is 6.15. The predicted octanol–water partition coefficient (Wildman–Crippen LogP) is 1.69. The molecule has 3 heterocycles. The van der Waals surface area contributed by atoms with Crippen molar-refractivity contribution in [3.05, 3.63) is 36.0 Å². The third-order valence-electron chi connectivity index (χ3n) is 4.16. The van der Waals surface area contributed by atoms with Crippen LogP contribution in [0.2, 0.25) is 0 Å². The van der Waals surface area contributed by atoms with Gasteiger partial charge in [0.2, 0.25) is 11.8 Å². The van der Waals surface area contributed by atoms with Crippen molar-refractivity contribution in [2.45, 2.75) is 44.3 Å². The minimum atomic E-state index is -0.0860. The van der Waals surface area contributed by atoms with Gasteiger partial charge in [-0.15, -0.1) is 5.10 Å². The van der Waals surface area contributed by atoms with Crippen molar-refractivity contribution < 1.29 is 9.21 Å². The molecule has 2 aromatic heterocycles. The molecule has 114 valence electrons. The molecule has 1 saturated carbocycles. The molecule has 2 atom stereocenters. The molecule has 2 aliphatic rings. The Kier molecular flexibility index (Phi) is 3.06. The Balaban J connectivity index is 1.65. The lowest BCUT2D eigenvalue weighted by Gasteiger charge is -2.28. The topological polar surface area (TPSA) is 84.2 Å². The number of aromatic nitrogens is 3. The van der Waals surface area contributed by atoms with Crippen molar-refractivity contribution in [2.24, 2.45) is 0 Å². The summed E-state index contributed by atoms with van der Waals surface area (Å²) in [6, 6.07) is 4.50. The quantitative estimate of drug-likeness (QED) is 0.925. The molecule has 1 saturated heterocycles. The normalized spacial score (nSPS) is 24.8. The van der Waals surface area contributed by atoms with Crippen molar-refractivity contribution in [1.82, 2.24) is 20.1 Å². The highest BCUT2D eigenvalue weighted by molar-refractivity contribution is 5.81. The maximum atomic E-state index is 12.4. The summed E-state index contributed by atoms with van der Waals surface area (Å²) in [5.41, 5.74) is 1.04. The summed E-state index contributed by atoms with van der Waals surface area (Å²) in [5, 5.41) is 11.0. The van der Waals surface area contributed by atoms with E-state index in [2.05, 4.69) is 20.5 Å². The average molecular weight is 299 g/mol. The van der Waals surface area contributed by atoms with Crippen LogP contribution >= 0.6 is 0 Å². The number of carbonyl (C=O) groups is 1. The van der Waals surface area contributed by atoms with Crippen LogP contribution in [-0.2, 0) is 4.79 Å². The first-order valence-corrected chi connectivity index (χ1v) is 7.50. The fourth-order valence-corrected chi connectivity index (χ4v) is 3.12. The summed E-state index contributed by atoms with van der Waals surface area (Å²) < 4.78 is 5.40. The van der Waals surface area contributed by atoms with E-state index in [-0.39, 0.29) is 18.0 Å². The summed E-state index contributed by atoms with van der Waals surface area (Å²) in [5.74, 6) is 0.675. The molecule has 7 nitrogen and oxygen atoms in total. The number of amides is 1. The second kappa shape index (κ2) is 5.08. The molecule has 1 aliphatic carbocycles. The predicted molar refractivity (Wildman–Crippen MR) is 77.9 cm³/mol. The summed E-state index contributed by atoms with van der Waals surface area (Å²) in [4.78, 5) is 18.6. The molecule has 0 radical (unpaired) electrons. The molecule has 1 aliphatic heterocycles. The second-order valence-corrected chi connectivity index (χ2v) is 5.84. The van der Waals surface area contributed by atoms with Gasteiger partial charge >= 0.3 is 6.01 Å². The fraction of sp³-hybridized carbons (Fsp3) is 0.467. The molecule has 0 unspecified atom stereocenters. The van der Waals surface area contributed by atoms with Gasteiger partial charge in [0, 0.05) is 31.8 Å². The minimum absolute atomic E-state index is 0.0408. The molecule has 1 amide bonds. The molecule has 1 N–H and O–H groups in total. The Labute approximate surface area is 127 Å². The second-order valence-electron chi connectivity index (χ2n) is 5.84. The van der Waals surface area contributed by atoms with Gasteiger partial charge in [0.25, 0.3) is 0 Å². The number of rotatable bonds is 4. The van der Waals surface area contributed by atoms with E-state index in [1.807, 2.05) is 23.2 Å². The van der Waals surface area contributed by atoms with Gasteiger partial charge in [-0.1, -0.05) is 11.2 Å². The minimum Gasteiger partial charge on any atom is -0.408 e. The average Bonchev–Trinajstić information content (AvgIpc) is 3.19. The van der Waals surface area contributed by atoms with E-state index in [9.17, 15) is 4.79 Å². The zero-order chi connectivity index (χ0) is 15.1. The smallest absolute Gasteiger partial charge is 0.315 e. The van der Waals surface area contributed by atoms with Crippen LogP contribution < -0.4 is 5.32 Å². The third-order valence-corrected chi connectivity index (χ3v) is 4.16. The molecule has 0 aromatic carbocycles. The van der Waals surface area contributed by atoms with E-state index in [1.165, 1.54) is 0 Å². The Morgan fingerprint density at radius 2 is 2.23 bits per heavy atom. The van der Waals surface area contributed by atoms with Crippen molar-refractivity contribution >= 4 is 11.9 Å².